The van der Waals surface area contributed by atoms with Gasteiger partial charge < -0.3 is 11.5 Å². The van der Waals surface area contributed by atoms with Crippen molar-refractivity contribution in [3.63, 3.8) is 0 Å². The molecule has 0 bridgehead atoms. The number of nitrogens with zero attached hydrogens (tertiary/aromatic N) is 2. The topological polar surface area (TPSA) is 86.9 Å². The molecule has 2 rings (SSSR count). The Morgan fingerprint density at radius 2 is 2.22 bits per heavy atom. The first-order valence-electron chi connectivity index (χ1n) is 5.39. The van der Waals surface area contributed by atoms with Crippen LogP contribution in [0.4, 0.5) is 0 Å². The van der Waals surface area contributed by atoms with Crippen molar-refractivity contribution < 1.29 is 4.79 Å². The van der Waals surface area contributed by atoms with E-state index in [2.05, 4.69) is 21.0 Å². The van der Waals surface area contributed by atoms with Gasteiger partial charge in [-0.1, -0.05) is 22.0 Å². The minimum absolute atomic E-state index is 0.0489. The number of amides is 1. The van der Waals surface area contributed by atoms with E-state index >= 15 is 0 Å². The minimum atomic E-state index is -0.493. The van der Waals surface area contributed by atoms with Crippen LogP contribution in [0.25, 0.3) is 5.69 Å². The standard InChI is InChI=1S/C12H13BrN4O/c1-7(14)10-3-2-9(4-11(10)13)17-6-8(5-16-17)12(15)18/h2-7H,14H2,1H3,(H2,15,18)/t7-/m0/s1. The van der Waals surface area contributed by atoms with Gasteiger partial charge in [0, 0.05) is 16.7 Å². The van der Waals surface area contributed by atoms with Crippen LogP contribution in [-0.2, 0) is 0 Å². The van der Waals surface area contributed by atoms with E-state index in [1.807, 2.05) is 25.1 Å². The molecule has 0 fully saturated rings. The summed E-state index contributed by atoms with van der Waals surface area (Å²) in [6, 6.07) is 5.67. The highest BCUT2D eigenvalue weighted by Crippen LogP contribution is 2.24. The van der Waals surface area contributed by atoms with Crippen LogP contribution in [0.15, 0.2) is 35.1 Å². The zero-order chi connectivity index (χ0) is 13.3. The van der Waals surface area contributed by atoms with Gasteiger partial charge in [0.15, 0.2) is 0 Å². The quantitative estimate of drug-likeness (QED) is 0.905. The van der Waals surface area contributed by atoms with Gasteiger partial charge in [-0.2, -0.15) is 5.10 Å². The average molecular weight is 309 g/mol. The van der Waals surface area contributed by atoms with E-state index in [0.29, 0.717) is 5.56 Å². The van der Waals surface area contributed by atoms with E-state index in [1.165, 1.54) is 6.20 Å². The molecule has 0 radical (unpaired) electrons. The van der Waals surface area contributed by atoms with Gasteiger partial charge in [0.25, 0.3) is 5.91 Å². The summed E-state index contributed by atoms with van der Waals surface area (Å²) in [7, 11) is 0. The third kappa shape index (κ3) is 2.44. The number of aromatic nitrogens is 2. The Bertz CT molecular complexity index is 592. The second-order valence-corrected chi connectivity index (χ2v) is 4.89. The van der Waals surface area contributed by atoms with Gasteiger partial charge in [-0.25, -0.2) is 4.68 Å². The Morgan fingerprint density at radius 1 is 1.50 bits per heavy atom. The average Bonchev–Trinajstić information content (AvgIpc) is 2.77. The van der Waals surface area contributed by atoms with Crippen molar-refractivity contribution in [2.24, 2.45) is 11.5 Å². The molecule has 94 valence electrons. The van der Waals surface area contributed by atoms with Gasteiger partial charge >= 0.3 is 0 Å². The van der Waals surface area contributed by atoms with Crippen molar-refractivity contribution in [1.29, 1.82) is 0 Å². The Morgan fingerprint density at radius 3 is 2.72 bits per heavy atom. The van der Waals surface area contributed by atoms with Crippen molar-refractivity contribution >= 4 is 21.8 Å². The smallest absolute Gasteiger partial charge is 0.251 e. The molecule has 0 saturated carbocycles. The second-order valence-electron chi connectivity index (χ2n) is 4.03. The Kier molecular flexibility index (Phi) is 3.49. The van der Waals surface area contributed by atoms with Crippen molar-refractivity contribution in [1.82, 2.24) is 9.78 Å². The van der Waals surface area contributed by atoms with Crippen molar-refractivity contribution in [2.45, 2.75) is 13.0 Å². The molecule has 4 N–H and O–H groups in total. The molecule has 0 spiro atoms. The Labute approximate surface area is 113 Å². The van der Waals surface area contributed by atoms with Crippen molar-refractivity contribution in [3.8, 4) is 5.69 Å². The van der Waals surface area contributed by atoms with E-state index in [4.69, 9.17) is 11.5 Å². The predicted octanol–water partition coefficient (Wildman–Crippen LogP) is 1.75. The summed E-state index contributed by atoms with van der Waals surface area (Å²) in [6.07, 6.45) is 3.03. The number of benzene rings is 1. The maximum absolute atomic E-state index is 11.0. The highest BCUT2D eigenvalue weighted by Gasteiger charge is 2.09. The number of carbonyl (C=O) groups excluding carboxylic acids is 1. The molecule has 1 heterocycles. The maximum Gasteiger partial charge on any atom is 0.251 e. The molecule has 6 heteroatoms. The van der Waals surface area contributed by atoms with Gasteiger partial charge in [-0.15, -0.1) is 0 Å². The normalized spacial score (nSPS) is 12.4. The lowest BCUT2D eigenvalue weighted by Crippen LogP contribution is -2.09. The summed E-state index contributed by atoms with van der Waals surface area (Å²) in [5.74, 6) is -0.493. The van der Waals surface area contributed by atoms with Gasteiger partial charge in [-0.05, 0) is 24.6 Å². The summed E-state index contributed by atoms with van der Waals surface area (Å²) < 4.78 is 2.50. The lowest BCUT2D eigenvalue weighted by Gasteiger charge is -2.10. The van der Waals surface area contributed by atoms with Crippen molar-refractivity contribution in [3.05, 3.63) is 46.2 Å². The molecule has 0 saturated heterocycles. The van der Waals surface area contributed by atoms with E-state index in [1.54, 1.807) is 10.9 Å². The van der Waals surface area contributed by atoms with Gasteiger partial charge in [0.1, 0.15) is 0 Å². The molecule has 2 aromatic rings. The van der Waals surface area contributed by atoms with Gasteiger partial charge in [0.2, 0.25) is 0 Å². The van der Waals surface area contributed by atoms with Crippen LogP contribution < -0.4 is 11.5 Å². The molecule has 1 amide bonds. The molecule has 5 nitrogen and oxygen atoms in total. The zero-order valence-electron chi connectivity index (χ0n) is 9.80. The molecule has 1 aromatic heterocycles. The van der Waals surface area contributed by atoms with Crippen LogP contribution in [0.1, 0.15) is 28.9 Å². The summed E-state index contributed by atoms with van der Waals surface area (Å²) in [5, 5.41) is 4.09. The Hall–Kier alpha value is -1.66. The molecular weight excluding hydrogens is 296 g/mol. The molecule has 1 aromatic carbocycles. The second kappa shape index (κ2) is 4.91. The number of primary amides is 1. The summed E-state index contributed by atoms with van der Waals surface area (Å²) in [6.45, 7) is 1.92. The molecule has 18 heavy (non-hydrogen) atoms. The van der Waals surface area contributed by atoms with Crippen molar-refractivity contribution in [2.75, 3.05) is 0 Å². The van der Waals surface area contributed by atoms with Crippen LogP contribution in [0, 0.1) is 0 Å². The zero-order valence-corrected chi connectivity index (χ0v) is 11.4. The fraction of sp³-hybridized carbons (Fsp3) is 0.167. The summed E-state index contributed by atoms with van der Waals surface area (Å²) in [5.41, 5.74) is 13.2. The Balaban J connectivity index is 2.39. The minimum Gasteiger partial charge on any atom is -0.366 e. The van der Waals surface area contributed by atoms with Crippen LogP contribution in [-0.4, -0.2) is 15.7 Å². The summed E-state index contributed by atoms with van der Waals surface area (Å²) in [4.78, 5) is 11.0. The molecule has 0 aliphatic heterocycles. The first-order chi connectivity index (χ1) is 8.49. The monoisotopic (exact) mass is 308 g/mol. The van der Waals surface area contributed by atoms with Crippen LogP contribution in [0.3, 0.4) is 0 Å². The van der Waals surface area contributed by atoms with Crippen LogP contribution >= 0.6 is 15.9 Å². The van der Waals surface area contributed by atoms with Gasteiger partial charge in [-0.3, -0.25) is 4.79 Å². The highest BCUT2D eigenvalue weighted by molar-refractivity contribution is 9.10. The van der Waals surface area contributed by atoms with Gasteiger partial charge in [0.05, 0.1) is 17.4 Å². The lowest BCUT2D eigenvalue weighted by atomic mass is 10.1. The number of carbonyl (C=O) groups is 1. The third-order valence-electron chi connectivity index (χ3n) is 2.61. The maximum atomic E-state index is 11.0. The predicted molar refractivity (Wildman–Crippen MR) is 72.4 cm³/mol. The molecular formula is C12H13BrN4O. The van der Waals surface area contributed by atoms with E-state index in [9.17, 15) is 4.79 Å². The highest BCUT2D eigenvalue weighted by atomic mass is 79.9. The van der Waals surface area contributed by atoms with E-state index in [-0.39, 0.29) is 6.04 Å². The lowest BCUT2D eigenvalue weighted by molar-refractivity contribution is 0.100. The van der Waals surface area contributed by atoms with Crippen LogP contribution in [0.5, 0.6) is 0 Å². The number of nitrogens with two attached hydrogens (primary N) is 2. The molecule has 0 unspecified atom stereocenters. The SMILES string of the molecule is C[C@H](N)c1ccc(-n2cc(C(N)=O)cn2)cc1Br. The first-order valence-corrected chi connectivity index (χ1v) is 6.18. The number of rotatable bonds is 3. The number of hydrogen-bond donors (Lipinski definition) is 2. The van der Waals surface area contributed by atoms with E-state index in [0.717, 1.165) is 15.7 Å². The van der Waals surface area contributed by atoms with E-state index < -0.39 is 5.91 Å². The molecule has 0 aliphatic rings. The first kappa shape index (κ1) is 12.8. The number of halogens is 1. The van der Waals surface area contributed by atoms with Crippen LogP contribution in [0.2, 0.25) is 0 Å². The molecule has 0 aliphatic carbocycles. The number of hydrogen-bond acceptors (Lipinski definition) is 3. The third-order valence-corrected chi connectivity index (χ3v) is 3.29. The molecule has 1 atom stereocenters. The fourth-order valence-corrected chi connectivity index (χ4v) is 2.35. The largest absolute Gasteiger partial charge is 0.366 e. The summed E-state index contributed by atoms with van der Waals surface area (Å²) >= 11 is 3.47. The fourth-order valence-electron chi connectivity index (χ4n) is 1.62.